The molecule has 1 fully saturated rings. The fourth-order valence-electron chi connectivity index (χ4n) is 2.88. The normalized spacial score (nSPS) is 20.1. The molecule has 0 amide bonds. The first kappa shape index (κ1) is 15.0. The number of likely N-dealkylation sites (N-methyl/N-ethyl adjacent to an activating group) is 1. The van der Waals surface area contributed by atoms with E-state index in [-0.39, 0.29) is 0 Å². The van der Waals surface area contributed by atoms with Crippen molar-refractivity contribution in [1.29, 1.82) is 0 Å². The highest BCUT2D eigenvalue weighted by atomic mass is 15.2. The second-order valence-corrected chi connectivity index (χ2v) is 7.17. The van der Waals surface area contributed by atoms with Crippen molar-refractivity contribution in [1.82, 2.24) is 10.2 Å². The highest BCUT2D eigenvalue weighted by molar-refractivity contribution is 4.94. The van der Waals surface area contributed by atoms with Gasteiger partial charge in [-0.3, -0.25) is 0 Å². The Morgan fingerprint density at radius 2 is 1.71 bits per heavy atom. The molecule has 102 valence electrons. The van der Waals surface area contributed by atoms with Crippen LogP contribution in [0.4, 0.5) is 0 Å². The van der Waals surface area contributed by atoms with E-state index in [1.165, 1.54) is 51.6 Å². The van der Waals surface area contributed by atoms with Crippen molar-refractivity contribution in [3.63, 3.8) is 0 Å². The molecule has 1 rings (SSSR count). The van der Waals surface area contributed by atoms with Crippen LogP contribution in [0.25, 0.3) is 0 Å². The minimum absolute atomic E-state index is 0.446. The molecule has 2 heteroatoms. The fraction of sp³-hybridized carbons (Fsp3) is 1.00. The highest BCUT2D eigenvalue weighted by Crippen LogP contribution is 2.33. The third kappa shape index (κ3) is 4.97. The van der Waals surface area contributed by atoms with E-state index in [9.17, 15) is 0 Å². The molecule has 0 aliphatic heterocycles. The molecular formula is C15H32N2. The van der Waals surface area contributed by atoms with Crippen LogP contribution in [0, 0.1) is 5.41 Å². The summed E-state index contributed by atoms with van der Waals surface area (Å²) < 4.78 is 0. The molecule has 0 aromatic rings. The van der Waals surface area contributed by atoms with Gasteiger partial charge < -0.3 is 10.2 Å². The molecule has 0 aromatic carbocycles. The van der Waals surface area contributed by atoms with Crippen LogP contribution < -0.4 is 5.32 Å². The first-order valence-electron chi connectivity index (χ1n) is 7.24. The molecule has 0 unspecified atom stereocenters. The number of hydrogen-bond donors (Lipinski definition) is 1. The summed E-state index contributed by atoms with van der Waals surface area (Å²) in [4.78, 5) is 2.44. The average molecular weight is 240 g/mol. The lowest BCUT2D eigenvalue weighted by Gasteiger charge is -2.36. The lowest BCUT2D eigenvalue weighted by atomic mass is 9.90. The molecule has 1 N–H and O–H groups in total. The van der Waals surface area contributed by atoms with Gasteiger partial charge in [-0.1, -0.05) is 33.6 Å². The summed E-state index contributed by atoms with van der Waals surface area (Å²) in [5, 5.41) is 3.68. The molecule has 0 radical (unpaired) electrons. The Kier molecular flexibility index (Phi) is 5.46. The molecule has 0 bridgehead atoms. The molecule has 0 saturated heterocycles. The molecule has 1 aliphatic carbocycles. The third-order valence-electron chi connectivity index (χ3n) is 4.22. The number of nitrogens with one attached hydrogen (secondary N) is 1. The first-order chi connectivity index (χ1) is 7.86. The summed E-state index contributed by atoms with van der Waals surface area (Å²) >= 11 is 0. The van der Waals surface area contributed by atoms with Gasteiger partial charge in [-0.05, 0) is 51.7 Å². The van der Waals surface area contributed by atoms with E-state index in [2.05, 4.69) is 45.1 Å². The van der Waals surface area contributed by atoms with Gasteiger partial charge in [0.2, 0.25) is 0 Å². The second-order valence-electron chi connectivity index (χ2n) is 7.17. The zero-order valence-corrected chi connectivity index (χ0v) is 12.6. The summed E-state index contributed by atoms with van der Waals surface area (Å²) in [6.45, 7) is 9.32. The van der Waals surface area contributed by atoms with Gasteiger partial charge in [-0.25, -0.2) is 0 Å². The van der Waals surface area contributed by atoms with Gasteiger partial charge in [0.25, 0.3) is 0 Å². The Balaban J connectivity index is 2.20. The van der Waals surface area contributed by atoms with Gasteiger partial charge in [0, 0.05) is 12.1 Å². The zero-order valence-electron chi connectivity index (χ0n) is 12.6. The third-order valence-corrected chi connectivity index (χ3v) is 4.22. The standard InChI is InChI=1S/C15H32N2/c1-14(2,3)9-8-12-16-13-15(17(4)5)10-6-7-11-15/h16H,6-13H2,1-5H3. The largest absolute Gasteiger partial charge is 0.315 e. The molecule has 17 heavy (non-hydrogen) atoms. The predicted molar refractivity (Wildman–Crippen MR) is 76.4 cm³/mol. The van der Waals surface area contributed by atoms with E-state index in [1.807, 2.05) is 0 Å². The monoisotopic (exact) mass is 240 g/mol. The minimum Gasteiger partial charge on any atom is -0.315 e. The van der Waals surface area contributed by atoms with Crippen molar-refractivity contribution < 1.29 is 0 Å². The summed E-state index contributed by atoms with van der Waals surface area (Å²) in [5.74, 6) is 0. The van der Waals surface area contributed by atoms with Gasteiger partial charge >= 0.3 is 0 Å². The molecule has 1 aliphatic rings. The van der Waals surface area contributed by atoms with E-state index in [0.717, 1.165) is 0 Å². The van der Waals surface area contributed by atoms with E-state index < -0.39 is 0 Å². The molecule has 1 saturated carbocycles. The maximum atomic E-state index is 3.68. The van der Waals surface area contributed by atoms with Crippen LogP contribution in [0.5, 0.6) is 0 Å². The van der Waals surface area contributed by atoms with Crippen molar-refractivity contribution in [2.75, 3.05) is 27.2 Å². The minimum atomic E-state index is 0.446. The van der Waals surface area contributed by atoms with E-state index in [0.29, 0.717) is 11.0 Å². The molecule has 0 spiro atoms. The highest BCUT2D eigenvalue weighted by Gasteiger charge is 2.35. The Morgan fingerprint density at radius 1 is 1.12 bits per heavy atom. The quantitative estimate of drug-likeness (QED) is 0.717. The lowest BCUT2D eigenvalue weighted by Crippen LogP contribution is -2.49. The zero-order chi connectivity index (χ0) is 12.9. The van der Waals surface area contributed by atoms with Crippen LogP contribution in [0.15, 0.2) is 0 Å². The van der Waals surface area contributed by atoms with Crippen LogP contribution >= 0.6 is 0 Å². The van der Waals surface area contributed by atoms with Crippen molar-refractivity contribution >= 4 is 0 Å². The SMILES string of the molecule is CN(C)C1(CNCCCC(C)(C)C)CCCC1. The average Bonchev–Trinajstić information content (AvgIpc) is 2.65. The molecular weight excluding hydrogens is 208 g/mol. The van der Waals surface area contributed by atoms with Crippen LogP contribution in [-0.4, -0.2) is 37.6 Å². The van der Waals surface area contributed by atoms with Gasteiger partial charge in [0.05, 0.1) is 0 Å². The maximum Gasteiger partial charge on any atom is 0.0327 e. The fourth-order valence-corrected chi connectivity index (χ4v) is 2.88. The molecule has 2 nitrogen and oxygen atoms in total. The van der Waals surface area contributed by atoms with Gasteiger partial charge in [0.15, 0.2) is 0 Å². The summed E-state index contributed by atoms with van der Waals surface area (Å²) in [7, 11) is 4.48. The Hall–Kier alpha value is -0.0800. The molecule has 0 atom stereocenters. The van der Waals surface area contributed by atoms with Crippen molar-refractivity contribution in [3.05, 3.63) is 0 Å². The van der Waals surface area contributed by atoms with Crippen LogP contribution in [0.2, 0.25) is 0 Å². The number of rotatable bonds is 6. The van der Waals surface area contributed by atoms with E-state index in [1.54, 1.807) is 0 Å². The molecule has 0 heterocycles. The maximum absolute atomic E-state index is 3.68. The number of hydrogen-bond acceptors (Lipinski definition) is 2. The predicted octanol–water partition coefficient (Wildman–Crippen LogP) is 3.28. The summed E-state index contributed by atoms with van der Waals surface area (Å²) in [6.07, 6.45) is 8.16. The summed E-state index contributed by atoms with van der Waals surface area (Å²) in [6, 6.07) is 0. The smallest absolute Gasteiger partial charge is 0.0327 e. The van der Waals surface area contributed by atoms with Gasteiger partial charge in [-0.15, -0.1) is 0 Å². The second kappa shape index (κ2) is 6.19. The van der Waals surface area contributed by atoms with Crippen molar-refractivity contribution in [2.24, 2.45) is 5.41 Å². The Labute approximate surface area is 108 Å². The van der Waals surface area contributed by atoms with Crippen LogP contribution in [-0.2, 0) is 0 Å². The van der Waals surface area contributed by atoms with E-state index >= 15 is 0 Å². The summed E-state index contributed by atoms with van der Waals surface area (Å²) in [5.41, 5.74) is 0.927. The topological polar surface area (TPSA) is 15.3 Å². The van der Waals surface area contributed by atoms with Crippen molar-refractivity contribution in [3.8, 4) is 0 Å². The Bertz CT molecular complexity index is 209. The Morgan fingerprint density at radius 3 is 2.18 bits per heavy atom. The lowest BCUT2D eigenvalue weighted by molar-refractivity contribution is 0.153. The van der Waals surface area contributed by atoms with Crippen molar-refractivity contribution in [2.45, 2.75) is 64.8 Å². The van der Waals surface area contributed by atoms with Gasteiger partial charge in [-0.2, -0.15) is 0 Å². The number of nitrogens with zero attached hydrogens (tertiary/aromatic N) is 1. The van der Waals surface area contributed by atoms with Crippen LogP contribution in [0.1, 0.15) is 59.3 Å². The molecule has 0 aromatic heterocycles. The van der Waals surface area contributed by atoms with Gasteiger partial charge in [0.1, 0.15) is 0 Å². The van der Waals surface area contributed by atoms with E-state index in [4.69, 9.17) is 0 Å². The van der Waals surface area contributed by atoms with Crippen LogP contribution in [0.3, 0.4) is 0 Å². The first-order valence-corrected chi connectivity index (χ1v) is 7.24.